The molecule has 0 aromatic heterocycles. The van der Waals surface area contributed by atoms with Crippen LogP contribution in [0, 0.1) is 11.8 Å². The number of Topliss-reactive ketones (excluding diaryl/α,β-unsaturated/α-hetero) is 1. The van der Waals surface area contributed by atoms with Gasteiger partial charge in [-0.1, -0.05) is 13.8 Å². The fourth-order valence-electron chi connectivity index (χ4n) is 1.23. The summed E-state index contributed by atoms with van der Waals surface area (Å²) < 4.78 is 5.11. The normalized spacial score (nSPS) is 25.7. The highest BCUT2D eigenvalue weighted by molar-refractivity contribution is 5.83. The Morgan fingerprint density at radius 3 is 2.70 bits per heavy atom. The van der Waals surface area contributed by atoms with Gasteiger partial charge in [-0.2, -0.15) is 0 Å². The van der Waals surface area contributed by atoms with Crippen molar-refractivity contribution in [1.82, 2.24) is 0 Å². The predicted octanol–water partition coefficient (Wildman–Crippen LogP) is 1.25. The number of hydrogen-bond acceptors (Lipinski definition) is 2. The van der Waals surface area contributed by atoms with Crippen LogP contribution in [0.1, 0.15) is 20.3 Å². The number of carbonyl (C=O) groups excluding carboxylic acids is 1. The lowest BCUT2D eigenvalue weighted by atomic mass is 9.95. The molecule has 0 bridgehead atoms. The molecule has 1 saturated heterocycles. The zero-order valence-electron chi connectivity index (χ0n) is 6.59. The molecule has 1 atom stereocenters. The maximum Gasteiger partial charge on any atom is 0.140 e. The lowest BCUT2D eigenvalue weighted by molar-refractivity contribution is -0.125. The summed E-state index contributed by atoms with van der Waals surface area (Å²) >= 11 is 0. The first-order valence-corrected chi connectivity index (χ1v) is 3.83. The molecule has 1 unspecified atom stereocenters. The average molecular weight is 142 g/mol. The van der Waals surface area contributed by atoms with Gasteiger partial charge in [-0.3, -0.25) is 4.79 Å². The Labute approximate surface area is 61.6 Å². The summed E-state index contributed by atoms with van der Waals surface area (Å²) in [6, 6.07) is 0. The topological polar surface area (TPSA) is 26.3 Å². The SMILES string of the molecule is CC(C)C(=O)C1CCOC1. The minimum absolute atomic E-state index is 0.173. The molecule has 0 spiro atoms. The van der Waals surface area contributed by atoms with Crippen molar-refractivity contribution < 1.29 is 9.53 Å². The van der Waals surface area contributed by atoms with Crippen LogP contribution in [0.5, 0.6) is 0 Å². The van der Waals surface area contributed by atoms with Gasteiger partial charge in [0.25, 0.3) is 0 Å². The van der Waals surface area contributed by atoms with E-state index in [4.69, 9.17) is 4.74 Å². The molecule has 1 aliphatic heterocycles. The number of hydrogen-bond donors (Lipinski definition) is 0. The van der Waals surface area contributed by atoms with Crippen LogP contribution in [-0.4, -0.2) is 19.0 Å². The van der Waals surface area contributed by atoms with Gasteiger partial charge >= 0.3 is 0 Å². The molecular weight excluding hydrogens is 128 g/mol. The van der Waals surface area contributed by atoms with Crippen LogP contribution < -0.4 is 0 Å². The Bertz CT molecular complexity index is 123. The van der Waals surface area contributed by atoms with Gasteiger partial charge in [-0.25, -0.2) is 0 Å². The largest absolute Gasteiger partial charge is 0.381 e. The minimum Gasteiger partial charge on any atom is -0.381 e. The second-order valence-corrected chi connectivity index (χ2v) is 3.12. The number of ketones is 1. The van der Waals surface area contributed by atoms with E-state index in [1.165, 1.54) is 0 Å². The predicted molar refractivity (Wildman–Crippen MR) is 38.8 cm³/mol. The summed E-state index contributed by atoms with van der Waals surface area (Å²) in [4.78, 5) is 11.3. The van der Waals surface area contributed by atoms with E-state index in [2.05, 4.69) is 0 Å². The lowest BCUT2D eigenvalue weighted by Gasteiger charge is -2.08. The zero-order valence-corrected chi connectivity index (χ0v) is 6.59. The molecule has 2 nitrogen and oxygen atoms in total. The van der Waals surface area contributed by atoms with E-state index in [0.29, 0.717) is 12.4 Å². The number of rotatable bonds is 2. The minimum atomic E-state index is 0.173. The second kappa shape index (κ2) is 3.15. The van der Waals surface area contributed by atoms with Crippen molar-refractivity contribution in [3.63, 3.8) is 0 Å². The van der Waals surface area contributed by atoms with E-state index in [0.717, 1.165) is 13.0 Å². The Morgan fingerprint density at radius 1 is 1.60 bits per heavy atom. The number of ether oxygens (including phenoxy) is 1. The van der Waals surface area contributed by atoms with Crippen molar-refractivity contribution in [3.05, 3.63) is 0 Å². The third-order valence-electron chi connectivity index (χ3n) is 1.90. The molecule has 1 fully saturated rings. The van der Waals surface area contributed by atoms with E-state index in [1.807, 2.05) is 13.8 Å². The first-order chi connectivity index (χ1) is 4.72. The van der Waals surface area contributed by atoms with Crippen molar-refractivity contribution in [3.8, 4) is 0 Å². The van der Waals surface area contributed by atoms with Crippen molar-refractivity contribution >= 4 is 5.78 Å². The third-order valence-corrected chi connectivity index (χ3v) is 1.90. The standard InChI is InChI=1S/C8H14O2/c1-6(2)8(9)7-3-4-10-5-7/h6-7H,3-5H2,1-2H3. The van der Waals surface area contributed by atoms with Crippen LogP contribution in [-0.2, 0) is 9.53 Å². The Kier molecular flexibility index (Phi) is 2.44. The van der Waals surface area contributed by atoms with Gasteiger partial charge in [-0.05, 0) is 6.42 Å². The molecule has 1 rings (SSSR count). The molecule has 0 aromatic rings. The van der Waals surface area contributed by atoms with Gasteiger partial charge in [0.1, 0.15) is 5.78 Å². The maximum atomic E-state index is 11.3. The molecular formula is C8H14O2. The van der Waals surface area contributed by atoms with Gasteiger partial charge in [0, 0.05) is 18.4 Å². The van der Waals surface area contributed by atoms with Crippen molar-refractivity contribution in [2.75, 3.05) is 13.2 Å². The molecule has 10 heavy (non-hydrogen) atoms. The fourth-order valence-corrected chi connectivity index (χ4v) is 1.23. The van der Waals surface area contributed by atoms with Crippen LogP contribution >= 0.6 is 0 Å². The molecule has 1 heterocycles. The van der Waals surface area contributed by atoms with E-state index in [1.54, 1.807) is 0 Å². The van der Waals surface area contributed by atoms with E-state index in [9.17, 15) is 4.79 Å². The smallest absolute Gasteiger partial charge is 0.140 e. The van der Waals surface area contributed by atoms with E-state index in [-0.39, 0.29) is 11.8 Å². The number of carbonyl (C=O) groups is 1. The van der Waals surface area contributed by atoms with Crippen molar-refractivity contribution in [2.45, 2.75) is 20.3 Å². The average Bonchev–Trinajstić information content (AvgIpc) is 2.36. The summed E-state index contributed by atoms with van der Waals surface area (Å²) in [5.74, 6) is 0.726. The highest BCUT2D eigenvalue weighted by atomic mass is 16.5. The third kappa shape index (κ3) is 1.57. The summed E-state index contributed by atoms with van der Waals surface area (Å²) in [6.45, 7) is 5.31. The Morgan fingerprint density at radius 2 is 2.30 bits per heavy atom. The quantitative estimate of drug-likeness (QED) is 0.580. The zero-order chi connectivity index (χ0) is 7.56. The van der Waals surface area contributed by atoms with Crippen LogP contribution in [0.15, 0.2) is 0 Å². The molecule has 0 N–H and O–H groups in total. The highest BCUT2D eigenvalue weighted by Crippen LogP contribution is 2.16. The molecule has 1 aliphatic rings. The maximum absolute atomic E-state index is 11.3. The first-order valence-electron chi connectivity index (χ1n) is 3.83. The monoisotopic (exact) mass is 142 g/mol. The van der Waals surface area contributed by atoms with Crippen LogP contribution in [0.4, 0.5) is 0 Å². The summed E-state index contributed by atoms with van der Waals surface area (Å²) in [7, 11) is 0. The molecule has 2 heteroatoms. The van der Waals surface area contributed by atoms with E-state index < -0.39 is 0 Å². The lowest BCUT2D eigenvalue weighted by Crippen LogP contribution is -2.19. The summed E-state index contributed by atoms with van der Waals surface area (Å²) in [5.41, 5.74) is 0. The second-order valence-electron chi connectivity index (χ2n) is 3.12. The van der Waals surface area contributed by atoms with Gasteiger partial charge < -0.3 is 4.74 Å². The van der Waals surface area contributed by atoms with Crippen LogP contribution in [0.2, 0.25) is 0 Å². The summed E-state index contributed by atoms with van der Waals surface area (Å²) in [5, 5.41) is 0. The van der Waals surface area contributed by atoms with Gasteiger partial charge in [0.05, 0.1) is 6.61 Å². The molecule has 0 aliphatic carbocycles. The molecule has 58 valence electrons. The van der Waals surface area contributed by atoms with Crippen LogP contribution in [0.3, 0.4) is 0 Å². The highest BCUT2D eigenvalue weighted by Gasteiger charge is 2.24. The molecule has 0 saturated carbocycles. The molecule has 0 aromatic carbocycles. The van der Waals surface area contributed by atoms with Gasteiger partial charge in [-0.15, -0.1) is 0 Å². The Balaban J connectivity index is 2.40. The fraction of sp³-hybridized carbons (Fsp3) is 0.875. The molecule has 0 radical (unpaired) electrons. The van der Waals surface area contributed by atoms with Gasteiger partial charge in [0.2, 0.25) is 0 Å². The summed E-state index contributed by atoms with van der Waals surface area (Å²) in [6.07, 6.45) is 0.928. The van der Waals surface area contributed by atoms with Crippen LogP contribution in [0.25, 0.3) is 0 Å². The van der Waals surface area contributed by atoms with Crippen molar-refractivity contribution in [1.29, 1.82) is 0 Å². The molecule has 0 amide bonds. The van der Waals surface area contributed by atoms with Crippen molar-refractivity contribution in [2.24, 2.45) is 11.8 Å². The van der Waals surface area contributed by atoms with Gasteiger partial charge in [0.15, 0.2) is 0 Å². The first kappa shape index (κ1) is 7.73. The van der Waals surface area contributed by atoms with E-state index >= 15 is 0 Å². The Hall–Kier alpha value is -0.370.